The van der Waals surface area contributed by atoms with Crippen molar-refractivity contribution in [2.45, 2.75) is 45.3 Å². The average molecular weight is 268 g/mol. The molecule has 0 N–H and O–H groups in total. The molecule has 0 saturated heterocycles. The van der Waals surface area contributed by atoms with Crippen LogP contribution >= 0.6 is 18.2 Å². The molecule has 0 spiro atoms. The summed E-state index contributed by atoms with van der Waals surface area (Å²) < 4.78 is 22.3. The molecule has 0 heterocycles. The lowest BCUT2D eigenvalue weighted by Gasteiger charge is -2.18. The number of hydrogen-bond donors (Lipinski definition) is 0. The molecule has 1 unspecified atom stereocenters. The van der Waals surface area contributed by atoms with Crippen molar-refractivity contribution in [1.29, 1.82) is 0 Å². The van der Waals surface area contributed by atoms with Crippen LogP contribution in [0.1, 0.15) is 40.0 Å². The van der Waals surface area contributed by atoms with E-state index in [-0.39, 0.29) is 5.25 Å². The molecule has 0 aromatic rings. The van der Waals surface area contributed by atoms with E-state index in [4.69, 9.17) is 9.05 Å². The van der Waals surface area contributed by atoms with Crippen molar-refractivity contribution in [3.8, 4) is 0 Å². The normalized spacial score (nSPS) is 13.7. The van der Waals surface area contributed by atoms with Crippen molar-refractivity contribution in [3.05, 3.63) is 0 Å². The lowest BCUT2D eigenvalue weighted by Crippen LogP contribution is -2.05. The van der Waals surface area contributed by atoms with Gasteiger partial charge in [-0.1, -0.05) is 19.8 Å². The molecule has 0 radical (unpaired) electrons. The fourth-order valence-corrected chi connectivity index (χ4v) is 5.07. The Balaban J connectivity index is 4.33. The van der Waals surface area contributed by atoms with Crippen molar-refractivity contribution in [3.63, 3.8) is 0 Å². The van der Waals surface area contributed by atoms with Gasteiger partial charge in [-0.3, -0.25) is 0 Å². The minimum absolute atomic E-state index is 0.302. The predicted molar refractivity (Wildman–Crippen MR) is 67.8 cm³/mol. The van der Waals surface area contributed by atoms with Crippen LogP contribution in [0.15, 0.2) is 0 Å². The maximum atomic E-state index is 12.1. The second kappa shape index (κ2) is 9.23. The molecule has 0 aliphatic carbocycles. The summed E-state index contributed by atoms with van der Waals surface area (Å²) in [6.07, 6.45) is 3.49. The first-order valence-corrected chi connectivity index (χ1v) is 8.67. The van der Waals surface area contributed by atoms with Gasteiger partial charge in [0.25, 0.3) is 0 Å². The van der Waals surface area contributed by atoms with Gasteiger partial charge in [0, 0.05) is 0 Å². The van der Waals surface area contributed by atoms with Crippen molar-refractivity contribution >= 4 is 24.5 Å². The lowest BCUT2D eigenvalue weighted by atomic mass is 10.2. The van der Waals surface area contributed by atoms with Gasteiger partial charge < -0.3 is 13.8 Å². The Labute approximate surface area is 102 Å². The number of carbonyl (C=O) groups is 1. The van der Waals surface area contributed by atoms with E-state index in [9.17, 15) is 9.36 Å². The standard InChI is InChI=1S/C10H21O4PS/c1-4-7-8-10(9-11)16-15(12,13-5-2)14-6-3/h9-10H,4-8H2,1-3H3. The molecule has 0 aliphatic heterocycles. The van der Waals surface area contributed by atoms with E-state index in [2.05, 4.69) is 6.92 Å². The van der Waals surface area contributed by atoms with E-state index in [1.54, 1.807) is 13.8 Å². The van der Waals surface area contributed by atoms with E-state index in [0.29, 0.717) is 13.2 Å². The first kappa shape index (κ1) is 16.2. The summed E-state index contributed by atoms with van der Waals surface area (Å²) in [6, 6.07) is 0. The monoisotopic (exact) mass is 268 g/mol. The molecular weight excluding hydrogens is 247 g/mol. The summed E-state index contributed by atoms with van der Waals surface area (Å²) in [5.74, 6) is 0. The molecule has 0 bridgehead atoms. The Kier molecular flexibility index (Phi) is 9.32. The Morgan fingerprint density at radius 2 is 1.81 bits per heavy atom. The minimum atomic E-state index is -3.15. The number of unbranched alkanes of at least 4 members (excludes halogenated alkanes) is 1. The maximum absolute atomic E-state index is 12.1. The maximum Gasteiger partial charge on any atom is 0.389 e. The molecule has 96 valence electrons. The van der Waals surface area contributed by atoms with E-state index in [0.717, 1.165) is 36.9 Å². The SMILES string of the molecule is CCCCC(C=O)SP(=O)(OCC)OCC. The third-order valence-corrected chi connectivity index (χ3v) is 6.08. The quantitative estimate of drug-likeness (QED) is 0.447. The highest BCUT2D eigenvalue weighted by Gasteiger charge is 2.29. The van der Waals surface area contributed by atoms with Gasteiger partial charge in [0.15, 0.2) is 0 Å². The summed E-state index contributed by atoms with van der Waals surface area (Å²) in [5, 5.41) is -0.302. The van der Waals surface area contributed by atoms with Crippen LogP contribution < -0.4 is 0 Å². The van der Waals surface area contributed by atoms with Crippen LogP contribution in [0.5, 0.6) is 0 Å². The van der Waals surface area contributed by atoms with Gasteiger partial charge in [-0.15, -0.1) is 0 Å². The van der Waals surface area contributed by atoms with E-state index >= 15 is 0 Å². The van der Waals surface area contributed by atoms with Gasteiger partial charge in [-0.05, 0) is 31.7 Å². The van der Waals surface area contributed by atoms with Crippen LogP contribution in [0, 0.1) is 0 Å². The second-order valence-corrected chi connectivity index (χ2v) is 7.41. The van der Waals surface area contributed by atoms with Crippen LogP contribution in [0.25, 0.3) is 0 Å². The largest absolute Gasteiger partial charge is 0.389 e. The van der Waals surface area contributed by atoms with Crippen molar-refractivity contribution < 1.29 is 18.4 Å². The molecular formula is C10H21O4PS. The van der Waals surface area contributed by atoms with Gasteiger partial charge in [0.2, 0.25) is 0 Å². The van der Waals surface area contributed by atoms with Crippen molar-refractivity contribution in [2.75, 3.05) is 13.2 Å². The summed E-state index contributed by atoms with van der Waals surface area (Å²) in [7, 11) is 0. The molecule has 0 aliphatic rings. The molecule has 0 saturated carbocycles. The molecule has 0 rings (SSSR count). The van der Waals surface area contributed by atoms with E-state index in [1.165, 1.54) is 0 Å². The zero-order valence-corrected chi connectivity index (χ0v) is 11.9. The van der Waals surface area contributed by atoms with Crippen molar-refractivity contribution in [2.24, 2.45) is 0 Å². The van der Waals surface area contributed by atoms with Gasteiger partial charge in [0.1, 0.15) is 6.29 Å². The van der Waals surface area contributed by atoms with Gasteiger partial charge in [0.05, 0.1) is 18.5 Å². The molecule has 16 heavy (non-hydrogen) atoms. The molecule has 0 aromatic heterocycles. The van der Waals surface area contributed by atoms with Crippen molar-refractivity contribution in [1.82, 2.24) is 0 Å². The Morgan fingerprint density at radius 3 is 2.19 bits per heavy atom. The smallest absolute Gasteiger partial charge is 0.302 e. The topological polar surface area (TPSA) is 52.6 Å². The molecule has 0 fully saturated rings. The lowest BCUT2D eigenvalue weighted by molar-refractivity contribution is -0.107. The fourth-order valence-electron chi connectivity index (χ4n) is 1.13. The Bertz CT molecular complexity index is 225. The third kappa shape index (κ3) is 6.69. The number of carbonyl (C=O) groups excluding carboxylic acids is 1. The van der Waals surface area contributed by atoms with E-state index < -0.39 is 6.80 Å². The molecule has 6 heteroatoms. The van der Waals surface area contributed by atoms with Crippen LogP contribution in [0.4, 0.5) is 0 Å². The third-order valence-electron chi connectivity index (χ3n) is 1.83. The van der Waals surface area contributed by atoms with Crippen LogP contribution in [-0.4, -0.2) is 24.7 Å². The van der Waals surface area contributed by atoms with Crippen LogP contribution in [-0.2, 0) is 18.4 Å². The number of rotatable bonds is 10. The van der Waals surface area contributed by atoms with E-state index in [1.807, 2.05) is 0 Å². The zero-order chi connectivity index (χ0) is 12.4. The summed E-state index contributed by atoms with van der Waals surface area (Å²) >= 11 is 1.02. The Morgan fingerprint density at radius 1 is 1.25 bits per heavy atom. The summed E-state index contributed by atoms with van der Waals surface area (Å²) in [5.41, 5.74) is 0. The highest BCUT2D eigenvalue weighted by atomic mass is 32.7. The summed E-state index contributed by atoms with van der Waals surface area (Å²) in [4.78, 5) is 10.8. The fraction of sp³-hybridized carbons (Fsp3) is 0.900. The van der Waals surface area contributed by atoms with Gasteiger partial charge >= 0.3 is 6.80 Å². The van der Waals surface area contributed by atoms with Crippen LogP contribution in [0.2, 0.25) is 0 Å². The molecule has 0 aromatic carbocycles. The Hall–Kier alpha value is 0.170. The molecule has 1 atom stereocenters. The number of hydrogen-bond acceptors (Lipinski definition) is 5. The summed E-state index contributed by atoms with van der Waals surface area (Å²) in [6.45, 7) is 3.07. The highest BCUT2D eigenvalue weighted by molar-refractivity contribution is 8.55. The zero-order valence-electron chi connectivity index (χ0n) is 10.2. The second-order valence-electron chi connectivity index (χ2n) is 3.20. The molecule has 0 amide bonds. The van der Waals surface area contributed by atoms with Crippen LogP contribution in [0.3, 0.4) is 0 Å². The first-order chi connectivity index (χ1) is 7.61. The molecule has 4 nitrogen and oxygen atoms in total. The number of aldehydes is 1. The first-order valence-electron chi connectivity index (χ1n) is 5.64. The average Bonchev–Trinajstić information content (AvgIpc) is 2.25. The van der Waals surface area contributed by atoms with Gasteiger partial charge in [-0.2, -0.15) is 0 Å². The predicted octanol–water partition coefficient (Wildman–Crippen LogP) is 3.66. The van der Waals surface area contributed by atoms with Gasteiger partial charge in [-0.25, -0.2) is 4.57 Å². The highest BCUT2D eigenvalue weighted by Crippen LogP contribution is 2.62. The minimum Gasteiger partial charge on any atom is -0.302 e.